The van der Waals surface area contributed by atoms with Gasteiger partial charge in [-0.05, 0) is 53.8 Å². The molecule has 1 aliphatic heterocycles. The van der Waals surface area contributed by atoms with Crippen molar-refractivity contribution in [2.75, 3.05) is 17.6 Å². The lowest BCUT2D eigenvalue weighted by molar-refractivity contribution is 0.830. The summed E-state index contributed by atoms with van der Waals surface area (Å²) in [4.78, 5) is 0. The van der Waals surface area contributed by atoms with Crippen molar-refractivity contribution in [1.29, 1.82) is 0 Å². The molecule has 0 aliphatic carbocycles. The number of nitrogens with two attached hydrogens (primary N) is 1. The van der Waals surface area contributed by atoms with Crippen LogP contribution in [0.5, 0.6) is 0 Å². The van der Waals surface area contributed by atoms with E-state index in [4.69, 9.17) is 5.73 Å². The van der Waals surface area contributed by atoms with Crippen LogP contribution in [-0.2, 0) is 6.42 Å². The zero-order valence-electron chi connectivity index (χ0n) is 9.74. The van der Waals surface area contributed by atoms with Crippen LogP contribution in [0.2, 0.25) is 0 Å². The Hall–Kier alpha value is -1.96. The van der Waals surface area contributed by atoms with Crippen LogP contribution in [0.25, 0.3) is 11.1 Å². The van der Waals surface area contributed by atoms with Gasteiger partial charge in [-0.3, -0.25) is 0 Å². The van der Waals surface area contributed by atoms with E-state index in [9.17, 15) is 0 Å². The predicted octanol–water partition coefficient (Wildman–Crippen LogP) is 3.29. The molecule has 0 radical (unpaired) electrons. The molecule has 86 valence electrons. The maximum Gasteiger partial charge on any atom is 0.0373 e. The summed E-state index contributed by atoms with van der Waals surface area (Å²) in [7, 11) is 0. The Bertz CT molecular complexity index is 529. The van der Waals surface area contributed by atoms with Crippen LogP contribution in [0.3, 0.4) is 0 Å². The van der Waals surface area contributed by atoms with E-state index in [0.29, 0.717) is 0 Å². The molecule has 2 aromatic rings. The number of hydrogen-bond donors (Lipinski definition) is 2. The summed E-state index contributed by atoms with van der Waals surface area (Å²) in [5.74, 6) is 0. The normalized spacial score (nSPS) is 13.9. The van der Waals surface area contributed by atoms with E-state index in [0.717, 1.165) is 12.2 Å². The molecule has 2 heteroatoms. The molecular formula is C15H16N2. The minimum atomic E-state index is 0.813. The molecular weight excluding hydrogens is 208 g/mol. The molecule has 0 fully saturated rings. The first-order valence-electron chi connectivity index (χ1n) is 6.06. The van der Waals surface area contributed by atoms with Crippen LogP contribution >= 0.6 is 0 Å². The molecule has 1 aliphatic rings. The highest BCUT2D eigenvalue weighted by Crippen LogP contribution is 2.28. The number of nitrogen functional groups attached to an aromatic ring is 1. The van der Waals surface area contributed by atoms with Gasteiger partial charge >= 0.3 is 0 Å². The summed E-state index contributed by atoms with van der Waals surface area (Å²) < 4.78 is 0. The van der Waals surface area contributed by atoms with E-state index in [1.165, 1.54) is 35.2 Å². The Balaban J connectivity index is 2.01. The van der Waals surface area contributed by atoms with Crippen molar-refractivity contribution in [3.05, 3.63) is 48.0 Å². The number of hydrogen-bond acceptors (Lipinski definition) is 2. The van der Waals surface area contributed by atoms with Gasteiger partial charge < -0.3 is 11.1 Å². The fourth-order valence-corrected chi connectivity index (χ4v) is 2.33. The van der Waals surface area contributed by atoms with Crippen molar-refractivity contribution < 1.29 is 0 Å². The highest BCUT2D eigenvalue weighted by molar-refractivity contribution is 5.70. The second-order valence-electron chi connectivity index (χ2n) is 4.52. The van der Waals surface area contributed by atoms with Gasteiger partial charge in [0, 0.05) is 17.9 Å². The van der Waals surface area contributed by atoms with E-state index < -0.39 is 0 Å². The topological polar surface area (TPSA) is 38.0 Å². The van der Waals surface area contributed by atoms with E-state index in [1.54, 1.807) is 0 Å². The lowest BCUT2D eigenvalue weighted by Crippen LogP contribution is -2.11. The van der Waals surface area contributed by atoms with E-state index in [2.05, 4.69) is 35.6 Å². The van der Waals surface area contributed by atoms with Gasteiger partial charge in [-0.1, -0.05) is 18.2 Å². The van der Waals surface area contributed by atoms with Crippen molar-refractivity contribution >= 4 is 11.4 Å². The molecule has 17 heavy (non-hydrogen) atoms. The first kappa shape index (κ1) is 10.2. The molecule has 0 amide bonds. The van der Waals surface area contributed by atoms with E-state index in [1.807, 2.05) is 12.1 Å². The number of rotatable bonds is 1. The third-order valence-corrected chi connectivity index (χ3v) is 3.29. The number of fused-ring (bicyclic) bond motifs is 1. The van der Waals surface area contributed by atoms with Crippen molar-refractivity contribution in [1.82, 2.24) is 0 Å². The molecule has 0 saturated carbocycles. The molecule has 0 bridgehead atoms. The molecule has 0 atom stereocenters. The quantitative estimate of drug-likeness (QED) is 0.729. The number of nitrogens with one attached hydrogen (secondary N) is 1. The first-order chi connectivity index (χ1) is 8.33. The SMILES string of the molecule is Nc1ccc(-c2ccc3c(c2)CCCN3)cc1. The minimum Gasteiger partial charge on any atom is -0.399 e. The van der Waals surface area contributed by atoms with Gasteiger partial charge in [0.05, 0.1) is 0 Å². The maximum atomic E-state index is 5.71. The predicted molar refractivity (Wildman–Crippen MR) is 73.1 cm³/mol. The van der Waals surface area contributed by atoms with Crippen LogP contribution in [-0.4, -0.2) is 6.54 Å². The fraction of sp³-hybridized carbons (Fsp3) is 0.200. The van der Waals surface area contributed by atoms with Gasteiger partial charge in [0.1, 0.15) is 0 Å². The van der Waals surface area contributed by atoms with Crippen molar-refractivity contribution in [2.45, 2.75) is 12.8 Å². The van der Waals surface area contributed by atoms with Crippen LogP contribution < -0.4 is 11.1 Å². The molecule has 0 unspecified atom stereocenters. The number of anilines is 2. The highest BCUT2D eigenvalue weighted by Gasteiger charge is 2.09. The van der Waals surface area contributed by atoms with Crippen LogP contribution in [0.15, 0.2) is 42.5 Å². The van der Waals surface area contributed by atoms with Gasteiger partial charge in [-0.25, -0.2) is 0 Å². The summed E-state index contributed by atoms with van der Waals surface area (Å²) in [5.41, 5.74) is 11.7. The van der Waals surface area contributed by atoms with Gasteiger partial charge in [-0.15, -0.1) is 0 Å². The number of benzene rings is 2. The van der Waals surface area contributed by atoms with Crippen molar-refractivity contribution in [2.24, 2.45) is 0 Å². The van der Waals surface area contributed by atoms with Crippen molar-refractivity contribution in [3.63, 3.8) is 0 Å². The molecule has 2 nitrogen and oxygen atoms in total. The highest BCUT2D eigenvalue weighted by atomic mass is 14.9. The monoisotopic (exact) mass is 224 g/mol. The molecule has 3 rings (SSSR count). The Kier molecular flexibility index (Phi) is 2.48. The average molecular weight is 224 g/mol. The lowest BCUT2D eigenvalue weighted by atomic mass is 9.97. The summed E-state index contributed by atoms with van der Waals surface area (Å²) in [6.07, 6.45) is 2.39. The molecule has 3 N–H and O–H groups in total. The zero-order chi connectivity index (χ0) is 11.7. The molecule has 2 aromatic carbocycles. The minimum absolute atomic E-state index is 0.813. The Morgan fingerprint density at radius 3 is 2.53 bits per heavy atom. The molecule has 0 saturated heterocycles. The second-order valence-corrected chi connectivity index (χ2v) is 4.52. The summed E-state index contributed by atoms with van der Waals surface area (Å²) in [5, 5.41) is 3.43. The van der Waals surface area contributed by atoms with E-state index >= 15 is 0 Å². The molecule has 1 heterocycles. The summed E-state index contributed by atoms with van der Waals surface area (Å²) in [6, 6.07) is 14.7. The van der Waals surface area contributed by atoms with Crippen LogP contribution in [0, 0.1) is 0 Å². The largest absolute Gasteiger partial charge is 0.399 e. The summed E-state index contributed by atoms with van der Waals surface area (Å²) in [6.45, 7) is 1.09. The Morgan fingerprint density at radius 1 is 0.941 bits per heavy atom. The third kappa shape index (κ3) is 1.98. The van der Waals surface area contributed by atoms with Gasteiger partial charge in [-0.2, -0.15) is 0 Å². The Morgan fingerprint density at radius 2 is 1.71 bits per heavy atom. The molecule has 0 aromatic heterocycles. The van der Waals surface area contributed by atoms with Crippen LogP contribution in [0.1, 0.15) is 12.0 Å². The number of aryl methyl sites for hydroxylation is 1. The second kappa shape index (κ2) is 4.13. The van der Waals surface area contributed by atoms with E-state index in [-0.39, 0.29) is 0 Å². The summed E-state index contributed by atoms with van der Waals surface area (Å²) >= 11 is 0. The van der Waals surface area contributed by atoms with Gasteiger partial charge in [0.15, 0.2) is 0 Å². The smallest absolute Gasteiger partial charge is 0.0373 e. The standard InChI is InChI=1S/C15H16N2/c16-14-6-3-11(4-7-14)12-5-8-15-13(10-12)2-1-9-17-15/h3-8,10,17H,1-2,9,16H2. The average Bonchev–Trinajstić information content (AvgIpc) is 2.39. The van der Waals surface area contributed by atoms with Crippen LogP contribution in [0.4, 0.5) is 11.4 Å². The maximum absolute atomic E-state index is 5.71. The fourth-order valence-electron chi connectivity index (χ4n) is 2.33. The third-order valence-electron chi connectivity index (χ3n) is 3.29. The zero-order valence-corrected chi connectivity index (χ0v) is 9.74. The lowest BCUT2D eigenvalue weighted by Gasteiger charge is -2.18. The molecule has 0 spiro atoms. The van der Waals surface area contributed by atoms with Crippen molar-refractivity contribution in [3.8, 4) is 11.1 Å². The van der Waals surface area contributed by atoms with Gasteiger partial charge in [0.25, 0.3) is 0 Å². The Labute approximate surface area is 101 Å². The van der Waals surface area contributed by atoms with Gasteiger partial charge in [0.2, 0.25) is 0 Å². The first-order valence-corrected chi connectivity index (χ1v) is 6.06.